The number of halogens is 3. The number of hydrogen-bond acceptors (Lipinski definition) is 8. The summed E-state index contributed by atoms with van der Waals surface area (Å²) >= 11 is 18.6. The van der Waals surface area contributed by atoms with Gasteiger partial charge in [0, 0.05) is 33.4 Å². The zero-order chi connectivity index (χ0) is 30.0. The maximum absolute atomic E-state index is 13.9. The van der Waals surface area contributed by atoms with E-state index in [1.807, 2.05) is 6.07 Å². The molecular formula is C29H26Cl3N5O5. The number of nitrogens with one attached hydrogen (secondary N) is 2. The van der Waals surface area contributed by atoms with Crippen molar-refractivity contribution in [1.29, 1.82) is 0 Å². The van der Waals surface area contributed by atoms with Crippen LogP contribution in [0.15, 0.2) is 66.1 Å². The van der Waals surface area contributed by atoms with Crippen LogP contribution < -0.4 is 29.6 Å². The summed E-state index contributed by atoms with van der Waals surface area (Å²) in [6.07, 6.45) is 1.42. The topological polar surface area (TPSA) is 109 Å². The third kappa shape index (κ3) is 5.78. The SMILES string of the molecule is COc1cc(NC(=O)C2=C(C)Nc3ncnn3[C@H]2c2ccc(OCc3ccc(Cl)cc3Cl)c(OC)c2)c(OC)cc1Cl. The lowest BCUT2D eigenvalue weighted by atomic mass is 9.94. The van der Waals surface area contributed by atoms with Gasteiger partial charge in [0.15, 0.2) is 11.5 Å². The predicted octanol–water partition coefficient (Wildman–Crippen LogP) is 6.77. The van der Waals surface area contributed by atoms with Crippen LogP contribution in [0.25, 0.3) is 0 Å². The number of carbonyl (C=O) groups is 1. The number of amides is 1. The third-order valence-corrected chi connectivity index (χ3v) is 7.55. The van der Waals surface area contributed by atoms with Gasteiger partial charge in [0.1, 0.15) is 30.5 Å². The second kappa shape index (κ2) is 12.4. The van der Waals surface area contributed by atoms with Crippen molar-refractivity contribution in [2.45, 2.75) is 19.6 Å². The maximum atomic E-state index is 13.9. The van der Waals surface area contributed by atoms with E-state index >= 15 is 0 Å². The molecule has 5 rings (SSSR count). The minimum Gasteiger partial charge on any atom is -0.495 e. The highest BCUT2D eigenvalue weighted by atomic mass is 35.5. The van der Waals surface area contributed by atoms with Crippen molar-refractivity contribution in [3.05, 3.63) is 92.3 Å². The van der Waals surface area contributed by atoms with E-state index < -0.39 is 11.9 Å². The zero-order valence-corrected chi connectivity index (χ0v) is 25.3. The third-order valence-electron chi connectivity index (χ3n) is 6.66. The summed E-state index contributed by atoms with van der Waals surface area (Å²) < 4.78 is 24.1. The molecule has 0 saturated heterocycles. The number of carbonyl (C=O) groups excluding carboxylic acids is 1. The van der Waals surface area contributed by atoms with E-state index in [4.69, 9.17) is 53.8 Å². The Kier molecular flexibility index (Phi) is 8.67. The quantitative estimate of drug-likeness (QED) is 0.209. The smallest absolute Gasteiger partial charge is 0.255 e. The first-order chi connectivity index (χ1) is 20.2. The van der Waals surface area contributed by atoms with Crippen molar-refractivity contribution in [3.8, 4) is 23.0 Å². The molecule has 0 fully saturated rings. The molecule has 1 amide bonds. The summed E-state index contributed by atoms with van der Waals surface area (Å²) in [4.78, 5) is 18.2. The van der Waals surface area contributed by atoms with Crippen LogP contribution in [-0.2, 0) is 11.4 Å². The minimum absolute atomic E-state index is 0.200. The molecule has 0 spiro atoms. The van der Waals surface area contributed by atoms with Gasteiger partial charge < -0.3 is 29.6 Å². The van der Waals surface area contributed by atoms with E-state index in [9.17, 15) is 4.79 Å². The van der Waals surface area contributed by atoms with Gasteiger partial charge in [0.2, 0.25) is 5.95 Å². The highest BCUT2D eigenvalue weighted by Crippen LogP contribution is 2.41. The molecule has 4 aromatic rings. The van der Waals surface area contributed by atoms with E-state index in [0.29, 0.717) is 66.5 Å². The van der Waals surface area contributed by atoms with Gasteiger partial charge in [-0.1, -0.05) is 46.9 Å². The normalized spacial score (nSPS) is 14.1. The number of aromatic nitrogens is 3. The van der Waals surface area contributed by atoms with Crippen molar-refractivity contribution in [3.63, 3.8) is 0 Å². The molecule has 2 heterocycles. The highest BCUT2D eigenvalue weighted by Gasteiger charge is 2.34. The Bertz CT molecular complexity index is 1690. The summed E-state index contributed by atoms with van der Waals surface area (Å²) in [6, 6.07) is 13.1. The molecule has 0 unspecified atom stereocenters. The fourth-order valence-electron chi connectivity index (χ4n) is 4.61. The van der Waals surface area contributed by atoms with Gasteiger partial charge in [-0.15, -0.1) is 0 Å². The van der Waals surface area contributed by atoms with Crippen LogP contribution in [-0.4, -0.2) is 42.0 Å². The maximum Gasteiger partial charge on any atom is 0.255 e. The van der Waals surface area contributed by atoms with Crippen LogP contribution in [0, 0.1) is 0 Å². The first-order valence-electron chi connectivity index (χ1n) is 12.6. The molecule has 3 aromatic carbocycles. The molecule has 13 heteroatoms. The molecule has 1 aromatic heterocycles. The van der Waals surface area contributed by atoms with Crippen LogP contribution in [0.1, 0.15) is 24.1 Å². The molecule has 2 N–H and O–H groups in total. The molecule has 218 valence electrons. The molecule has 0 radical (unpaired) electrons. The van der Waals surface area contributed by atoms with E-state index in [1.165, 1.54) is 20.5 Å². The summed E-state index contributed by atoms with van der Waals surface area (Å²) in [5, 5.41) is 11.9. The Hall–Kier alpha value is -4.12. The van der Waals surface area contributed by atoms with Gasteiger partial charge in [0.25, 0.3) is 5.91 Å². The van der Waals surface area contributed by atoms with Gasteiger partial charge in [-0.25, -0.2) is 4.68 Å². The van der Waals surface area contributed by atoms with Gasteiger partial charge in [0.05, 0.1) is 37.6 Å². The lowest BCUT2D eigenvalue weighted by Crippen LogP contribution is -2.31. The number of rotatable bonds is 9. The monoisotopic (exact) mass is 629 g/mol. The van der Waals surface area contributed by atoms with Crippen LogP contribution in [0.2, 0.25) is 15.1 Å². The molecule has 1 aliphatic heterocycles. The first kappa shape index (κ1) is 29.4. The van der Waals surface area contributed by atoms with Crippen LogP contribution in [0.5, 0.6) is 23.0 Å². The van der Waals surface area contributed by atoms with Gasteiger partial charge in [-0.05, 0) is 36.8 Å². The van der Waals surface area contributed by atoms with Crippen molar-refractivity contribution < 1.29 is 23.7 Å². The van der Waals surface area contributed by atoms with Crippen LogP contribution in [0.3, 0.4) is 0 Å². The second-order valence-corrected chi connectivity index (χ2v) is 10.4. The Morgan fingerprint density at radius 3 is 2.40 bits per heavy atom. The van der Waals surface area contributed by atoms with Crippen molar-refractivity contribution >= 4 is 52.3 Å². The zero-order valence-electron chi connectivity index (χ0n) is 23.0. The average Bonchev–Trinajstić information content (AvgIpc) is 3.44. The minimum atomic E-state index is -0.655. The first-order valence-corrected chi connectivity index (χ1v) is 13.7. The highest BCUT2D eigenvalue weighted by molar-refractivity contribution is 6.35. The molecule has 10 nitrogen and oxygen atoms in total. The number of methoxy groups -OCH3 is 3. The molecule has 0 bridgehead atoms. The van der Waals surface area contributed by atoms with E-state index in [0.717, 1.165) is 5.56 Å². The lowest BCUT2D eigenvalue weighted by molar-refractivity contribution is -0.113. The van der Waals surface area contributed by atoms with Crippen LogP contribution >= 0.6 is 34.8 Å². The number of ether oxygens (including phenoxy) is 4. The largest absolute Gasteiger partial charge is 0.495 e. The van der Waals surface area contributed by atoms with E-state index in [2.05, 4.69) is 20.7 Å². The number of benzene rings is 3. The lowest BCUT2D eigenvalue weighted by Gasteiger charge is -2.29. The van der Waals surface area contributed by atoms with Crippen molar-refractivity contribution in [1.82, 2.24) is 14.8 Å². The summed E-state index contributed by atoms with van der Waals surface area (Å²) in [6.45, 7) is 2.00. The predicted molar refractivity (Wildman–Crippen MR) is 161 cm³/mol. The molecule has 0 aliphatic carbocycles. The van der Waals surface area contributed by atoms with E-state index in [-0.39, 0.29) is 6.61 Å². The summed E-state index contributed by atoms with van der Waals surface area (Å²) in [7, 11) is 4.52. The Morgan fingerprint density at radius 1 is 0.929 bits per heavy atom. The van der Waals surface area contributed by atoms with Gasteiger partial charge in [-0.3, -0.25) is 4.79 Å². The number of hydrogen-bond donors (Lipinski definition) is 2. The van der Waals surface area contributed by atoms with Gasteiger partial charge >= 0.3 is 0 Å². The number of allylic oxidation sites excluding steroid dienone is 1. The molecule has 0 saturated carbocycles. The molecule has 1 aliphatic rings. The Balaban J connectivity index is 1.49. The fraction of sp³-hybridized carbons (Fsp3) is 0.207. The van der Waals surface area contributed by atoms with Crippen molar-refractivity contribution in [2.24, 2.45) is 0 Å². The summed E-state index contributed by atoms with van der Waals surface area (Å²) in [5.41, 5.74) is 2.85. The number of nitrogens with zero attached hydrogens (tertiary/aromatic N) is 3. The molecule has 42 heavy (non-hydrogen) atoms. The van der Waals surface area contributed by atoms with Crippen molar-refractivity contribution in [2.75, 3.05) is 32.0 Å². The molecular weight excluding hydrogens is 605 g/mol. The average molecular weight is 631 g/mol. The van der Waals surface area contributed by atoms with Gasteiger partial charge in [-0.2, -0.15) is 10.1 Å². The van der Waals surface area contributed by atoms with Crippen LogP contribution in [0.4, 0.5) is 11.6 Å². The molecule has 1 atom stereocenters. The Labute approximate surface area is 257 Å². The second-order valence-electron chi connectivity index (χ2n) is 9.17. The fourth-order valence-corrected chi connectivity index (χ4v) is 5.30. The van der Waals surface area contributed by atoms with E-state index in [1.54, 1.807) is 61.2 Å². The summed E-state index contributed by atoms with van der Waals surface area (Å²) in [5.74, 6) is 1.79. The number of anilines is 2. The Morgan fingerprint density at radius 2 is 1.69 bits per heavy atom. The standard InChI is InChI=1S/C29H26Cl3N5O5/c1-15-26(28(38)36-21-12-23(39-2)20(32)11-24(21)40-3)27(37-29(35-15)33-14-34-37)16-6-8-22(25(9-16)41-4)42-13-17-5-7-18(30)10-19(17)31/h5-12,14,27H,13H2,1-4H3,(H,36,38)(H,33,34,35)/t27-/m0/s1. The number of fused-ring (bicyclic) bond motifs is 1.